The van der Waals surface area contributed by atoms with Gasteiger partial charge in [0.1, 0.15) is 0 Å². The normalized spacial score (nSPS) is 13.3. The Kier molecular flexibility index (Phi) is 5.33. The van der Waals surface area contributed by atoms with E-state index in [9.17, 15) is 9.59 Å². The summed E-state index contributed by atoms with van der Waals surface area (Å²) in [6.45, 7) is 7.24. The van der Waals surface area contributed by atoms with Gasteiger partial charge >= 0.3 is 5.97 Å². The molecule has 0 aliphatic heterocycles. The molecule has 0 spiro atoms. The average molecular weight is 215 g/mol. The van der Waals surface area contributed by atoms with Gasteiger partial charge in [0.15, 0.2) is 0 Å². The molecule has 0 bridgehead atoms. The van der Waals surface area contributed by atoms with Crippen LogP contribution in [0.3, 0.4) is 0 Å². The molecule has 2 N–H and O–H groups in total. The first-order valence-electron chi connectivity index (χ1n) is 5.32. The molecule has 0 aromatic heterocycles. The SMILES string of the molecule is CCCC(C)C(=O)NCC(C)(C)C(=O)O. The molecular weight excluding hydrogens is 194 g/mol. The van der Waals surface area contributed by atoms with Crippen molar-refractivity contribution in [3.63, 3.8) is 0 Å². The van der Waals surface area contributed by atoms with Crippen LogP contribution in [0.1, 0.15) is 40.5 Å². The molecule has 4 heteroatoms. The topological polar surface area (TPSA) is 66.4 Å². The molecule has 4 nitrogen and oxygen atoms in total. The van der Waals surface area contributed by atoms with E-state index in [-0.39, 0.29) is 18.4 Å². The van der Waals surface area contributed by atoms with Gasteiger partial charge in [-0.05, 0) is 20.3 Å². The van der Waals surface area contributed by atoms with Gasteiger partial charge in [-0.3, -0.25) is 9.59 Å². The Morgan fingerprint density at radius 1 is 1.40 bits per heavy atom. The summed E-state index contributed by atoms with van der Waals surface area (Å²) in [5.74, 6) is -1.00. The lowest BCUT2D eigenvalue weighted by Gasteiger charge is -2.20. The Hall–Kier alpha value is -1.06. The van der Waals surface area contributed by atoms with Crippen molar-refractivity contribution in [1.29, 1.82) is 0 Å². The second-order valence-corrected chi connectivity index (χ2v) is 4.60. The van der Waals surface area contributed by atoms with Crippen molar-refractivity contribution in [3.05, 3.63) is 0 Å². The summed E-state index contributed by atoms with van der Waals surface area (Å²) >= 11 is 0. The maximum atomic E-state index is 11.5. The average Bonchev–Trinajstić information content (AvgIpc) is 2.14. The minimum Gasteiger partial charge on any atom is -0.481 e. The molecule has 0 heterocycles. The Bertz CT molecular complexity index is 236. The fourth-order valence-corrected chi connectivity index (χ4v) is 1.12. The first-order valence-corrected chi connectivity index (χ1v) is 5.32. The van der Waals surface area contributed by atoms with Gasteiger partial charge in [0.2, 0.25) is 5.91 Å². The van der Waals surface area contributed by atoms with Crippen LogP contribution in [0.15, 0.2) is 0 Å². The number of nitrogens with one attached hydrogen (secondary N) is 1. The van der Waals surface area contributed by atoms with E-state index in [1.165, 1.54) is 0 Å². The van der Waals surface area contributed by atoms with E-state index in [4.69, 9.17) is 5.11 Å². The van der Waals surface area contributed by atoms with Crippen molar-refractivity contribution in [2.75, 3.05) is 6.54 Å². The zero-order valence-corrected chi connectivity index (χ0v) is 9.96. The highest BCUT2D eigenvalue weighted by atomic mass is 16.4. The molecule has 1 atom stereocenters. The molecule has 0 aromatic rings. The zero-order chi connectivity index (χ0) is 12.1. The molecule has 15 heavy (non-hydrogen) atoms. The fourth-order valence-electron chi connectivity index (χ4n) is 1.12. The molecule has 0 aliphatic carbocycles. The molecule has 1 unspecified atom stereocenters. The van der Waals surface area contributed by atoms with E-state index in [1.54, 1.807) is 13.8 Å². The maximum absolute atomic E-state index is 11.5. The quantitative estimate of drug-likeness (QED) is 0.708. The Morgan fingerprint density at radius 3 is 2.33 bits per heavy atom. The lowest BCUT2D eigenvalue weighted by atomic mass is 9.93. The highest BCUT2D eigenvalue weighted by molar-refractivity contribution is 5.80. The van der Waals surface area contributed by atoms with Crippen LogP contribution in [0.2, 0.25) is 0 Å². The lowest BCUT2D eigenvalue weighted by molar-refractivity contribution is -0.146. The van der Waals surface area contributed by atoms with E-state index >= 15 is 0 Å². The monoisotopic (exact) mass is 215 g/mol. The molecule has 0 saturated carbocycles. The number of rotatable bonds is 6. The number of carboxylic acids is 1. The van der Waals surface area contributed by atoms with Gasteiger partial charge in [-0.2, -0.15) is 0 Å². The molecule has 0 aliphatic rings. The van der Waals surface area contributed by atoms with Gasteiger partial charge < -0.3 is 10.4 Å². The van der Waals surface area contributed by atoms with Crippen molar-refractivity contribution >= 4 is 11.9 Å². The van der Waals surface area contributed by atoms with E-state index in [1.807, 2.05) is 13.8 Å². The Morgan fingerprint density at radius 2 is 1.93 bits per heavy atom. The van der Waals surface area contributed by atoms with Crippen LogP contribution in [-0.2, 0) is 9.59 Å². The summed E-state index contributed by atoms with van der Waals surface area (Å²) in [4.78, 5) is 22.3. The van der Waals surface area contributed by atoms with E-state index in [0.717, 1.165) is 12.8 Å². The van der Waals surface area contributed by atoms with Crippen LogP contribution >= 0.6 is 0 Å². The van der Waals surface area contributed by atoms with Gasteiger partial charge in [-0.25, -0.2) is 0 Å². The summed E-state index contributed by atoms with van der Waals surface area (Å²) in [6, 6.07) is 0. The van der Waals surface area contributed by atoms with Crippen molar-refractivity contribution in [3.8, 4) is 0 Å². The number of carboxylic acid groups (broad SMARTS) is 1. The third kappa shape index (κ3) is 4.81. The van der Waals surface area contributed by atoms with E-state index in [2.05, 4.69) is 5.32 Å². The van der Waals surface area contributed by atoms with Crippen LogP contribution in [0.5, 0.6) is 0 Å². The smallest absolute Gasteiger partial charge is 0.310 e. The largest absolute Gasteiger partial charge is 0.481 e. The minimum atomic E-state index is -0.901. The molecule has 0 aromatic carbocycles. The van der Waals surface area contributed by atoms with E-state index < -0.39 is 11.4 Å². The van der Waals surface area contributed by atoms with Crippen LogP contribution in [-0.4, -0.2) is 23.5 Å². The molecule has 0 saturated heterocycles. The minimum absolute atomic E-state index is 0.0420. The highest BCUT2D eigenvalue weighted by Crippen LogP contribution is 2.14. The van der Waals surface area contributed by atoms with Crippen LogP contribution in [0.25, 0.3) is 0 Å². The number of aliphatic carboxylic acids is 1. The predicted molar refractivity (Wildman–Crippen MR) is 58.5 cm³/mol. The summed E-state index contributed by atoms with van der Waals surface area (Å²) in [5, 5.41) is 11.5. The lowest BCUT2D eigenvalue weighted by Crippen LogP contribution is -2.40. The van der Waals surface area contributed by atoms with Crippen molar-refractivity contribution in [1.82, 2.24) is 5.32 Å². The second-order valence-electron chi connectivity index (χ2n) is 4.60. The molecule has 1 amide bonds. The Labute approximate surface area is 91.1 Å². The molecular formula is C11H21NO3. The van der Waals surface area contributed by atoms with Gasteiger partial charge in [0.25, 0.3) is 0 Å². The zero-order valence-electron chi connectivity index (χ0n) is 9.96. The summed E-state index contributed by atoms with van der Waals surface area (Å²) in [7, 11) is 0. The van der Waals surface area contributed by atoms with Crippen molar-refractivity contribution < 1.29 is 14.7 Å². The van der Waals surface area contributed by atoms with Gasteiger partial charge in [-0.15, -0.1) is 0 Å². The fraction of sp³-hybridized carbons (Fsp3) is 0.818. The summed E-state index contributed by atoms with van der Waals surface area (Å²) < 4.78 is 0. The van der Waals surface area contributed by atoms with Gasteiger partial charge in [-0.1, -0.05) is 20.3 Å². The van der Waals surface area contributed by atoms with Crippen molar-refractivity contribution in [2.24, 2.45) is 11.3 Å². The van der Waals surface area contributed by atoms with E-state index in [0.29, 0.717) is 0 Å². The van der Waals surface area contributed by atoms with Crippen molar-refractivity contribution in [2.45, 2.75) is 40.5 Å². The highest BCUT2D eigenvalue weighted by Gasteiger charge is 2.28. The third-order valence-corrected chi connectivity index (χ3v) is 2.45. The Balaban J connectivity index is 4.05. The van der Waals surface area contributed by atoms with Crippen LogP contribution in [0.4, 0.5) is 0 Å². The number of carbonyl (C=O) groups excluding carboxylic acids is 1. The molecule has 0 rings (SSSR count). The van der Waals surface area contributed by atoms with Crippen LogP contribution < -0.4 is 5.32 Å². The number of amides is 1. The number of carbonyl (C=O) groups is 2. The standard InChI is InChI=1S/C11H21NO3/c1-5-6-8(2)9(13)12-7-11(3,4)10(14)15/h8H,5-7H2,1-4H3,(H,12,13)(H,14,15). The van der Waals surface area contributed by atoms with Gasteiger partial charge in [0.05, 0.1) is 5.41 Å². The molecule has 0 fully saturated rings. The van der Waals surface area contributed by atoms with Gasteiger partial charge in [0, 0.05) is 12.5 Å². The predicted octanol–water partition coefficient (Wildman–Crippen LogP) is 1.65. The third-order valence-electron chi connectivity index (χ3n) is 2.45. The first kappa shape index (κ1) is 13.9. The maximum Gasteiger partial charge on any atom is 0.310 e. The molecule has 0 radical (unpaired) electrons. The van der Waals surface area contributed by atoms with Crippen LogP contribution in [0, 0.1) is 11.3 Å². The number of hydrogen-bond donors (Lipinski definition) is 2. The molecule has 88 valence electrons. The first-order chi connectivity index (χ1) is 6.81. The second kappa shape index (κ2) is 5.73. The number of hydrogen-bond acceptors (Lipinski definition) is 2. The summed E-state index contributed by atoms with van der Waals surface area (Å²) in [5.41, 5.74) is -0.901. The summed E-state index contributed by atoms with van der Waals surface area (Å²) in [6.07, 6.45) is 1.79.